The lowest BCUT2D eigenvalue weighted by Crippen LogP contribution is -2.57. The molecule has 0 aromatic rings. The molecule has 3 N–H and O–H groups in total. The van der Waals surface area contributed by atoms with Crippen molar-refractivity contribution in [1.29, 1.82) is 0 Å². The van der Waals surface area contributed by atoms with Crippen LogP contribution in [0.1, 0.15) is 92.9 Å². The maximum atomic E-state index is 13.3. The van der Waals surface area contributed by atoms with E-state index in [1.807, 2.05) is 20.8 Å². The lowest BCUT2D eigenvalue weighted by atomic mass is 9.44. The fourth-order valence-corrected chi connectivity index (χ4v) is 9.10. The minimum Gasteiger partial charge on any atom is -0.393 e. The van der Waals surface area contributed by atoms with E-state index in [-0.39, 0.29) is 34.2 Å². The number of aliphatic hydroxyl groups is 3. The fourth-order valence-electron chi connectivity index (χ4n) is 9.10. The molecule has 0 bridgehead atoms. The Bertz CT molecular complexity index is 783. The van der Waals surface area contributed by atoms with Gasteiger partial charge in [-0.25, -0.2) is 0 Å². The molecule has 4 heteroatoms. The van der Waals surface area contributed by atoms with Gasteiger partial charge in [0, 0.05) is 12.3 Å². The molecule has 0 amide bonds. The topological polar surface area (TPSA) is 77.8 Å². The molecule has 188 valence electrons. The largest absolute Gasteiger partial charge is 0.393 e. The van der Waals surface area contributed by atoms with E-state index in [4.69, 9.17) is 0 Å². The molecule has 0 radical (unpaired) electrons. The highest BCUT2D eigenvalue weighted by atomic mass is 16.3. The Kier molecular flexibility index (Phi) is 6.50. The molecule has 4 saturated carbocycles. The predicted octanol–water partition coefficient (Wildman–Crippen LogP) is 5.15. The molecule has 4 rings (SSSR count). The van der Waals surface area contributed by atoms with Gasteiger partial charge in [-0.05, 0) is 96.4 Å². The van der Waals surface area contributed by atoms with Crippen molar-refractivity contribution in [3.63, 3.8) is 0 Å². The Morgan fingerprint density at radius 3 is 2.27 bits per heavy atom. The van der Waals surface area contributed by atoms with Crippen LogP contribution in [0.15, 0.2) is 12.2 Å². The first-order valence-corrected chi connectivity index (χ1v) is 13.5. The van der Waals surface area contributed by atoms with E-state index >= 15 is 0 Å². The van der Waals surface area contributed by atoms with Crippen LogP contribution in [0.25, 0.3) is 0 Å². The van der Waals surface area contributed by atoms with Crippen LogP contribution in [0.3, 0.4) is 0 Å². The van der Waals surface area contributed by atoms with Gasteiger partial charge >= 0.3 is 0 Å². The highest BCUT2D eigenvalue weighted by Gasteiger charge is 2.63. The molecule has 0 saturated heterocycles. The van der Waals surface area contributed by atoms with E-state index in [2.05, 4.69) is 27.4 Å². The summed E-state index contributed by atoms with van der Waals surface area (Å²) >= 11 is 0. The number of Topliss-reactive ketones (excluding diaryl/α,β-unsaturated/α-hetero) is 1. The quantitative estimate of drug-likeness (QED) is 0.507. The van der Waals surface area contributed by atoms with Crippen molar-refractivity contribution in [3.05, 3.63) is 12.2 Å². The van der Waals surface area contributed by atoms with Crippen molar-refractivity contribution in [3.8, 4) is 0 Å². The first-order valence-electron chi connectivity index (χ1n) is 13.5. The van der Waals surface area contributed by atoms with E-state index in [9.17, 15) is 20.1 Å². The first-order chi connectivity index (χ1) is 15.2. The highest BCUT2D eigenvalue weighted by molar-refractivity contribution is 5.83. The van der Waals surface area contributed by atoms with E-state index in [1.54, 1.807) is 0 Å². The lowest BCUT2D eigenvalue weighted by molar-refractivity contribution is -0.161. The Hall–Kier alpha value is -0.710. The summed E-state index contributed by atoms with van der Waals surface area (Å²) in [6.45, 7) is 17.1. The van der Waals surface area contributed by atoms with Crippen LogP contribution in [0.4, 0.5) is 0 Å². The third kappa shape index (κ3) is 3.96. The van der Waals surface area contributed by atoms with Gasteiger partial charge < -0.3 is 15.3 Å². The number of ketones is 1. The van der Waals surface area contributed by atoms with E-state index in [0.29, 0.717) is 47.9 Å². The van der Waals surface area contributed by atoms with Crippen LogP contribution in [0, 0.1) is 51.8 Å². The Morgan fingerprint density at radius 2 is 1.64 bits per heavy atom. The molecular formula is C29H48O4. The second-order valence-corrected chi connectivity index (χ2v) is 13.8. The Balaban J connectivity index is 1.55. The summed E-state index contributed by atoms with van der Waals surface area (Å²) < 4.78 is 0. The van der Waals surface area contributed by atoms with Gasteiger partial charge in [-0.3, -0.25) is 4.79 Å². The van der Waals surface area contributed by atoms with Gasteiger partial charge in [0.1, 0.15) is 11.9 Å². The molecule has 0 spiro atoms. The minimum atomic E-state index is -0.913. The summed E-state index contributed by atoms with van der Waals surface area (Å²) in [6.07, 6.45) is 5.53. The molecule has 4 aliphatic carbocycles. The van der Waals surface area contributed by atoms with Crippen LogP contribution in [0.5, 0.6) is 0 Å². The van der Waals surface area contributed by atoms with Crippen LogP contribution >= 0.6 is 0 Å². The van der Waals surface area contributed by atoms with Crippen molar-refractivity contribution in [1.82, 2.24) is 0 Å². The third-order valence-electron chi connectivity index (χ3n) is 11.3. The zero-order chi connectivity index (χ0) is 24.5. The van der Waals surface area contributed by atoms with Gasteiger partial charge in [-0.1, -0.05) is 48.1 Å². The van der Waals surface area contributed by atoms with Crippen molar-refractivity contribution >= 4 is 5.78 Å². The number of aliphatic hydroxyl groups excluding tert-OH is 3. The summed E-state index contributed by atoms with van der Waals surface area (Å²) in [5.41, 5.74) is 0.580. The standard InChI is InChI=1S/C29H48O4/c1-16(25(32)26(33)17(2)27(3,4)5)20-8-9-21-19-15-24(31)23-14-18(30)10-12-29(23,7)22(19)11-13-28(20,21)6/h16,18-23,25-26,30,32-33H,2,8-15H2,1,3-7H3/t16-,18+,19-,20+,21-,22-,23+,25+,26+,28+,29+/m0/s1. The smallest absolute Gasteiger partial charge is 0.136 e. The number of carbonyl (C=O) groups excluding carboxylic acids is 1. The van der Waals surface area contributed by atoms with Crippen molar-refractivity contribution in [2.45, 2.75) is 111 Å². The molecule has 4 aliphatic rings. The Labute approximate surface area is 201 Å². The summed E-state index contributed by atoms with van der Waals surface area (Å²) in [5, 5.41) is 32.4. The number of carbonyl (C=O) groups is 1. The van der Waals surface area contributed by atoms with Gasteiger partial charge in [-0.15, -0.1) is 0 Å². The first kappa shape index (κ1) is 25.4. The predicted molar refractivity (Wildman–Crippen MR) is 131 cm³/mol. The third-order valence-corrected chi connectivity index (χ3v) is 11.3. The van der Waals surface area contributed by atoms with Crippen molar-refractivity contribution < 1.29 is 20.1 Å². The van der Waals surface area contributed by atoms with Gasteiger partial charge in [0.05, 0.1) is 12.2 Å². The molecule has 11 atom stereocenters. The zero-order valence-electron chi connectivity index (χ0n) is 21.8. The molecule has 33 heavy (non-hydrogen) atoms. The fraction of sp³-hybridized carbons (Fsp3) is 0.897. The van der Waals surface area contributed by atoms with Gasteiger partial charge in [0.15, 0.2) is 0 Å². The van der Waals surface area contributed by atoms with Crippen LogP contribution in [-0.4, -0.2) is 39.4 Å². The normalized spacial score (nSPS) is 46.0. The Morgan fingerprint density at radius 1 is 1.03 bits per heavy atom. The molecule has 4 fully saturated rings. The van der Waals surface area contributed by atoms with Crippen LogP contribution in [-0.2, 0) is 4.79 Å². The molecular weight excluding hydrogens is 412 g/mol. The zero-order valence-corrected chi connectivity index (χ0v) is 21.8. The average Bonchev–Trinajstić information content (AvgIpc) is 3.09. The molecule has 0 aliphatic heterocycles. The van der Waals surface area contributed by atoms with Gasteiger partial charge in [-0.2, -0.15) is 0 Å². The summed E-state index contributed by atoms with van der Waals surface area (Å²) in [4.78, 5) is 13.3. The maximum absolute atomic E-state index is 13.3. The minimum absolute atomic E-state index is 0.0156. The SMILES string of the molecule is C=C([C@@H](O)[C@H](O)[C@@H](C)[C@H]1CC[C@H]2[C@@H]3CC(=O)[C@H]4C[C@H](O)CC[C@]4(C)[C@H]3CC[C@]12C)C(C)(C)C. The van der Waals surface area contributed by atoms with E-state index in [1.165, 1.54) is 0 Å². The monoisotopic (exact) mass is 460 g/mol. The summed E-state index contributed by atoms with van der Waals surface area (Å²) in [7, 11) is 0. The molecule has 0 aromatic carbocycles. The van der Waals surface area contributed by atoms with Crippen molar-refractivity contribution in [2.75, 3.05) is 0 Å². The molecule has 0 aromatic heterocycles. The van der Waals surface area contributed by atoms with Crippen LogP contribution < -0.4 is 0 Å². The van der Waals surface area contributed by atoms with E-state index in [0.717, 1.165) is 38.5 Å². The average molecular weight is 461 g/mol. The number of hydrogen-bond acceptors (Lipinski definition) is 4. The van der Waals surface area contributed by atoms with Crippen LogP contribution in [0.2, 0.25) is 0 Å². The van der Waals surface area contributed by atoms with Crippen molar-refractivity contribution in [2.24, 2.45) is 51.8 Å². The molecule has 0 unspecified atom stereocenters. The second-order valence-electron chi connectivity index (χ2n) is 13.8. The highest BCUT2D eigenvalue weighted by Crippen LogP contribution is 2.67. The van der Waals surface area contributed by atoms with Gasteiger partial charge in [0.2, 0.25) is 0 Å². The van der Waals surface area contributed by atoms with E-state index < -0.39 is 12.2 Å². The number of hydrogen-bond donors (Lipinski definition) is 3. The molecule has 4 nitrogen and oxygen atoms in total. The van der Waals surface area contributed by atoms with Gasteiger partial charge in [0.25, 0.3) is 0 Å². The maximum Gasteiger partial charge on any atom is 0.136 e. The molecule has 0 heterocycles. The number of fused-ring (bicyclic) bond motifs is 5. The number of rotatable bonds is 4. The lowest BCUT2D eigenvalue weighted by Gasteiger charge is -2.60. The second kappa shape index (κ2) is 8.45. The summed E-state index contributed by atoms with van der Waals surface area (Å²) in [6, 6.07) is 0. The summed E-state index contributed by atoms with van der Waals surface area (Å²) in [5.74, 6) is 2.24.